The summed E-state index contributed by atoms with van der Waals surface area (Å²) >= 11 is 0. The van der Waals surface area contributed by atoms with Crippen LogP contribution >= 0.6 is 17.0 Å². The molecule has 64 valence electrons. The number of halogens is 1. The van der Waals surface area contributed by atoms with E-state index in [1.54, 1.807) is 12.7 Å². The molecule has 0 saturated heterocycles. The van der Waals surface area contributed by atoms with Gasteiger partial charge in [0, 0.05) is 0 Å². The van der Waals surface area contributed by atoms with Crippen LogP contribution in [-0.2, 0) is 0 Å². The smallest absolute Gasteiger partial charge is 0.118 e. The molecule has 0 fully saturated rings. The van der Waals surface area contributed by atoms with Gasteiger partial charge in [0.05, 0.1) is 11.4 Å². The lowest BCUT2D eigenvalue weighted by atomic mass is 10.2. The van der Waals surface area contributed by atoms with E-state index >= 15 is 0 Å². The fourth-order valence-corrected chi connectivity index (χ4v) is 1.32. The van der Waals surface area contributed by atoms with E-state index < -0.39 is 0 Å². The highest BCUT2D eigenvalue weighted by Crippen LogP contribution is 2.12. The number of aliphatic imine (C=N–C) groups is 2. The van der Waals surface area contributed by atoms with Crippen LogP contribution in [0.25, 0.3) is 0 Å². The Labute approximate surface area is 84.2 Å². The van der Waals surface area contributed by atoms with E-state index in [-0.39, 0.29) is 17.0 Å². The first kappa shape index (κ1) is 8.25. The van der Waals surface area contributed by atoms with Gasteiger partial charge in [-0.1, -0.05) is 0 Å². The molecule has 1 aromatic carbocycles. The first-order valence-electron chi connectivity index (χ1n) is 3.59. The molecule has 0 saturated carbocycles. The molecule has 0 radical (unpaired) electrons. The molecule has 0 atom stereocenters. The third kappa shape index (κ3) is 1.04. The molecule has 0 unspecified atom stereocenters. The molecule has 1 aromatic rings. The monoisotopic (exact) mass is 236 g/mol. The normalized spacial score (nSPS) is 14.2. The molecular formula is C8H5BrN4. The Morgan fingerprint density at radius 3 is 1.69 bits per heavy atom. The number of fused-ring (bicyclic) bond motifs is 3. The number of benzene rings is 1. The van der Waals surface area contributed by atoms with Crippen LogP contribution in [0.5, 0.6) is 0 Å². The maximum Gasteiger partial charge on any atom is 0.118 e. The van der Waals surface area contributed by atoms with Gasteiger partial charge in [-0.2, -0.15) is 0 Å². The zero-order chi connectivity index (χ0) is 7.97. The van der Waals surface area contributed by atoms with E-state index in [1.807, 2.05) is 12.1 Å². The second-order valence-electron chi connectivity index (χ2n) is 2.55. The predicted octanol–water partition coefficient (Wildman–Crippen LogP) is 0.850. The van der Waals surface area contributed by atoms with Gasteiger partial charge in [-0.05, 0) is 12.1 Å². The molecular weight excluding hydrogens is 232 g/mol. The van der Waals surface area contributed by atoms with Crippen LogP contribution in [0.4, 0.5) is 11.4 Å². The summed E-state index contributed by atoms with van der Waals surface area (Å²) in [6.07, 6.45) is 3.08. The molecule has 2 aliphatic rings. The molecule has 2 heterocycles. The first-order chi connectivity index (χ1) is 5.95. The maximum atomic E-state index is 4.11. The van der Waals surface area contributed by atoms with Crippen molar-refractivity contribution in [1.82, 2.24) is 0 Å². The molecule has 0 N–H and O–H groups in total. The van der Waals surface area contributed by atoms with Crippen LogP contribution < -0.4 is 10.7 Å². The minimum absolute atomic E-state index is 0. The van der Waals surface area contributed by atoms with E-state index in [1.165, 1.54) is 0 Å². The van der Waals surface area contributed by atoms with E-state index in [4.69, 9.17) is 0 Å². The number of hydrogen-bond acceptors (Lipinski definition) is 4. The van der Waals surface area contributed by atoms with Gasteiger partial charge in [-0.15, -0.1) is 17.0 Å². The van der Waals surface area contributed by atoms with Crippen molar-refractivity contribution in [1.29, 1.82) is 0 Å². The fraction of sp³-hybridized carbons (Fsp3) is 0. The lowest BCUT2D eigenvalue weighted by molar-refractivity contribution is 1.32. The molecule has 0 bridgehead atoms. The van der Waals surface area contributed by atoms with Crippen LogP contribution in [0, 0.1) is 0 Å². The summed E-state index contributed by atoms with van der Waals surface area (Å²) in [5.74, 6) is 0. The Bertz CT molecular complexity index is 481. The molecule has 4 nitrogen and oxygen atoms in total. The van der Waals surface area contributed by atoms with Gasteiger partial charge >= 0.3 is 0 Å². The van der Waals surface area contributed by atoms with Crippen LogP contribution in [0.2, 0.25) is 0 Å². The lowest BCUT2D eigenvalue weighted by Crippen LogP contribution is -2.22. The van der Waals surface area contributed by atoms with E-state index in [2.05, 4.69) is 20.0 Å². The molecule has 3 rings (SSSR count). The van der Waals surface area contributed by atoms with Gasteiger partial charge in [-0.3, -0.25) is 0 Å². The zero-order valence-electron chi connectivity index (χ0n) is 6.51. The van der Waals surface area contributed by atoms with Crippen molar-refractivity contribution in [3.05, 3.63) is 22.8 Å². The summed E-state index contributed by atoms with van der Waals surface area (Å²) in [4.78, 5) is 16.4. The summed E-state index contributed by atoms with van der Waals surface area (Å²) in [6.45, 7) is 0. The van der Waals surface area contributed by atoms with Crippen molar-refractivity contribution >= 4 is 41.0 Å². The molecule has 13 heavy (non-hydrogen) atoms. The maximum absolute atomic E-state index is 4.11. The van der Waals surface area contributed by atoms with Crippen molar-refractivity contribution in [3.63, 3.8) is 0 Å². The average Bonchev–Trinajstić information content (AvgIpc) is 2.71. The van der Waals surface area contributed by atoms with Crippen molar-refractivity contribution < 1.29 is 0 Å². The highest BCUT2D eigenvalue weighted by molar-refractivity contribution is 8.93. The van der Waals surface area contributed by atoms with Crippen LogP contribution in [0.3, 0.4) is 0 Å². The second kappa shape index (κ2) is 2.85. The van der Waals surface area contributed by atoms with Crippen molar-refractivity contribution in [3.8, 4) is 0 Å². The SMILES string of the molecule is Br.C1=Nc2ccc3c(c2=N1)=NC=N3. The van der Waals surface area contributed by atoms with Crippen molar-refractivity contribution in [2.45, 2.75) is 0 Å². The number of nitrogens with zero attached hydrogens (tertiary/aromatic N) is 4. The Morgan fingerprint density at radius 1 is 0.769 bits per heavy atom. The van der Waals surface area contributed by atoms with E-state index in [9.17, 15) is 0 Å². The summed E-state index contributed by atoms with van der Waals surface area (Å²) in [5, 5.41) is 1.68. The Kier molecular flexibility index (Phi) is 1.81. The third-order valence-electron chi connectivity index (χ3n) is 1.88. The minimum Gasteiger partial charge on any atom is -0.235 e. The van der Waals surface area contributed by atoms with Gasteiger partial charge < -0.3 is 0 Å². The highest BCUT2D eigenvalue weighted by Gasteiger charge is 2.07. The summed E-state index contributed by atoms with van der Waals surface area (Å²) in [6, 6.07) is 3.80. The van der Waals surface area contributed by atoms with Gasteiger partial charge in [0.25, 0.3) is 0 Å². The summed E-state index contributed by atoms with van der Waals surface area (Å²) in [5.41, 5.74) is 1.76. The molecule has 2 aliphatic heterocycles. The highest BCUT2D eigenvalue weighted by atomic mass is 79.9. The predicted molar refractivity (Wildman–Crippen MR) is 55.4 cm³/mol. The summed E-state index contributed by atoms with van der Waals surface area (Å²) in [7, 11) is 0. The largest absolute Gasteiger partial charge is 0.235 e. The number of hydrogen-bond donors (Lipinski definition) is 0. The quantitative estimate of drug-likeness (QED) is 0.642. The Balaban J connectivity index is 0.000000653. The lowest BCUT2D eigenvalue weighted by Gasteiger charge is -1.89. The Morgan fingerprint density at radius 2 is 1.23 bits per heavy atom. The zero-order valence-corrected chi connectivity index (χ0v) is 8.22. The topological polar surface area (TPSA) is 49.4 Å². The Hall–Kier alpha value is -1.36. The van der Waals surface area contributed by atoms with Gasteiger partial charge in [0.1, 0.15) is 23.4 Å². The first-order valence-corrected chi connectivity index (χ1v) is 3.59. The van der Waals surface area contributed by atoms with Crippen LogP contribution in [-0.4, -0.2) is 12.7 Å². The van der Waals surface area contributed by atoms with E-state index in [0.717, 1.165) is 22.1 Å². The van der Waals surface area contributed by atoms with Gasteiger partial charge in [0.2, 0.25) is 0 Å². The number of rotatable bonds is 0. The molecule has 0 aromatic heterocycles. The van der Waals surface area contributed by atoms with Gasteiger partial charge in [-0.25, -0.2) is 20.0 Å². The van der Waals surface area contributed by atoms with Crippen molar-refractivity contribution in [2.24, 2.45) is 20.0 Å². The van der Waals surface area contributed by atoms with Crippen LogP contribution in [0.1, 0.15) is 0 Å². The van der Waals surface area contributed by atoms with Crippen molar-refractivity contribution in [2.75, 3.05) is 0 Å². The van der Waals surface area contributed by atoms with E-state index in [0.29, 0.717) is 0 Å². The third-order valence-corrected chi connectivity index (χ3v) is 1.88. The molecule has 0 spiro atoms. The molecule has 5 heteroatoms. The fourth-order valence-electron chi connectivity index (χ4n) is 1.32. The molecule has 0 aliphatic carbocycles. The molecule has 0 amide bonds. The second-order valence-corrected chi connectivity index (χ2v) is 2.55. The standard InChI is InChI=1S/C8H4N4.BrH/c1-2-6-8(12-4-10-6)7-5(1)9-3-11-7;/h1-4H;1H. The average molecular weight is 237 g/mol. The minimum atomic E-state index is 0. The summed E-state index contributed by atoms with van der Waals surface area (Å²) < 4.78 is 0. The van der Waals surface area contributed by atoms with Gasteiger partial charge in [0.15, 0.2) is 0 Å². The van der Waals surface area contributed by atoms with Crippen LogP contribution in [0.15, 0.2) is 32.1 Å².